The summed E-state index contributed by atoms with van der Waals surface area (Å²) < 4.78 is 22.6. The molecule has 0 aliphatic carbocycles. The summed E-state index contributed by atoms with van der Waals surface area (Å²) in [6.07, 6.45) is 2.96. The van der Waals surface area contributed by atoms with Crippen LogP contribution in [-0.4, -0.2) is 27.0 Å². The summed E-state index contributed by atoms with van der Waals surface area (Å²) in [5.74, 6) is 0.225. The Balaban J connectivity index is 2.77. The average Bonchev–Trinajstić information content (AvgIpc) is 2.28. The van der Waals surface area contributed by atoms with Crippen molar-refractivity contribution >= 4 is 9.84 Å². The molecule has 1 N–H and O–H groups in total. The smallest absolute Gasteiger partial charge is 0.147 e. The van der Waals surface area contributed by atoms with Crippen LogP contribution in [0.2, 0.25) is 0 Å². The summed E-state index contributed by atoms with van der Waals surface area (Å²) >= 11 is 0. The molecular weight excluding hydrogens is 246 g/mol. The van der Waals surface area contributed by atoms with Gasteiger partial charge in [-0.2, -0.15) is 0 Å². The zero-order valence-electron chi connectivity index (χ0n) is 11.4. The molecule has 102 valence electrons. The monoisotopic (exact) mass is 269 g/mol. The van der Waals surface area contributed by atoms with Crippen LogP contribution >= 0.6 is 0 Å². The fraction of sp³-hybridized carbons (Fsp3) is 0.571. The number of aryl methyl sites for hydroxylation is 1. The topological polar surface area (TPSA) is 46.2 Å². The van der Waals surface area contributed by atoms with Crippen LogP contribution < -0.4 is 5.32 Å². The lowest BCUT2D eigenvalue weighted by molar-refractivity contribution is 0.513. The molecule has 0 heterocycles. The van der Waals surface area contributed by atoms with Gasteiger partial charge >= 0.3 is 0 Å². The van der Waals surface area contributed by atoms with E-state index in [4.69, 9.17) is 0 Å². The highest BCUT2D eigenvalue weighted by molar-refractivity contribution is 7.90. The van der Waals surface area contributed by atoms with Gasteiger partial charge in [-0.05, 0) is 31.9 Å². The van der Waals surface area contributed by atoms with Crippen LogP contribution in [-0.2, 0) is 9.84 Å². The van der Waals surface area contributed by atoms with Gasteiger partial charge in [0.15, 0.2) is 0 Å². The summed E-state index contributed by atoms with van der Waals surface area (Å²) in [5, 5.41) is 3.42. The molecule has 18 heavy (non-hydrogen) atoms. The molecule has 4 heteroatoms. The van der Waals surface area contributed by atoms with Gasteiger partial charge in [-0.1, -0.05) is 36.8 Å². The Bertz CT molecular complexity index is 468. The SMILES string of the molecule is CCCNC(CCS(C)(=O)=O)c1cccc(C)c1. The predicted octanol–water partition coefficient (Wildman–Crippen LogP) is 2.47. The number of rotatable bonds is 7. The van der Waals surface area contributed by atoms with Crippen molar-refractivity contribution in [1.82, 2.24) is 5.32 Å². The molecular formula is C14H23NO2S. The molecule has 0 saturated heterocycles. The molecule has 0 spiro atoms. The summed E-state index contributed by atoms with van der Waals surface area (Å²) in [5.41, 5.74) is 2.38. The van der Waals surface area contributed by atoms with E-state index < -0.39 is 9.84 Å². The minimum atomic E-state index is -2.90. The van der Waals surface area contributed by atoms with Crippen LogP contribution in [0, 0.1) is 6.92 Å². The number of hydrogen-bond donors (Lipinski definition) is 1. The maximum atomic E-state index is 11.3. The molecule has 0 bridgehead atoms. The lowest BCUT2D eigenvalue weighted by Crippen LogP contribution is -2.24. The third-order valence-corrected chi connectivity index (χ3v) is 3.84. The van der Waals surface area contributed by atoms with Crippen molar-refractivity contribution in [2.45, 2.75) is 32.7 Å². The van der Waals surface area contributed by atoms with E-state index in [9.17, 15) is 8.42 Å². The van der Waals surface area contributed by atoms with Crippen LogP contribution in [0.4, 0.5) is 0 Å². The predicted molar refractivity (Wildman–Crippen MR) is 76.5 cm³/mol. The number of hydrogen-bond acceptors (Lipinski definition) is 3. The molecule has 1 rings (SSSR count). The lowest BCUT2D eigenvalue weighted by Gasteiger charge is -2.19. The van der Waals surface area contributed by atoms with Gasteiger partial charge < -0.3 is 5.32 Å². The highest BCUT2D eigenvalue weighted by Gasteiger charge is 2.13. The van der Waals surface area contributed by atoms with Gasteiger partial charge in [-0.3, -0.25) is 0 Å². The first-order chi connectivity index (χ1) is 8.42. The molecule has 0 aliphatic heterocycles. The minimum Gasteiger partial charge on any atom is -0.310 e. The molecule has 0 aromatic heterocycles. The van der Waals surface area contributed by atoms with Gasteiger partial charge in [0, 0.05) is 12.3 Å². The normalized spacial score (nSPS) is 13.5. The van der Waals surface area contributed by atoms with Gasteiger partial charge in [-0.25, -0.2) is 8.42 Å². The maximum Gasteiger partial charge on any atom is 0.147 e. The molecule has 1 aromatic rings. The van der Waals surface area contributed by atoms with Gasteiger partial charge in [0.25, 0.3) is 0 Å². The Labute approximate surface area is 111 Å². The summed E-state index contributed by atoms with van der Waals surface area (Å²) in [7, 11) is -2.90. The summed E-state index contributed by atoms with van der Waals surface area (Å²) in [6, 6.07) is 8.38. The van der Waals surface area contributed by atoms with Crippen molar-refractivity contribution < 1.29 is 8.42 Å². The van der Waals surface area contributed by atoms with E-state index in [0.29, 0.717) is 6.42 Å². The van der Waals surface area contributed by atoms with Crippen LogP contribution in [0.15, 0.2) is 24.3 Å². The van der Waals surface area contributed by atoms with E-state index in [1.165, 1.54) is 17.4 Å². The highest BCUT2D eigenvalue weighted by Crippen LogP contribution is 2.18. The van der Waals surface area contributed by atoms with Crippen molar-refractivity contribution in [3.63, 3.8) is 0 Å². The van der Waals surface area contributed by atoms with Crippen LogP contribution in [0.25, 0.3) is 0 Å². The van der Waals surface area contributed by atoms with Crippen LogP contribution in [0.5, 0.6) is 0 Å². The Kier molecular flexibility index (Phi) is 5.82. The second kappa shape index (κ2) is 6.90. The number of benzene rings is 1. The molecule has 1 aromatic carbocycles. The molecule has 1 atom stereocenters. The third kappa shape index (κ3) is 5.65. The molecule has 0 saturated carbocycles. The van der Waals surface area contributed by atoms with Crippen molar-refractivity contribution in [2.75, 3.05) is 18.6 Å². The number of nitrogens with one attached hydrogen (secondary N) is 1. The fourth-order valence-corrected chi connectivity index (χ4v) is 2.59. The molecule has 1 unspecified atom stereocenters. The maximum absolute atomic E-state index is 11.3. The van der Waals surface area contributed by atoms with Gasteiger partial charge in [0.2, 0.25) is 0 Å². The van der Waals surface area contributed by atoms with E-state index in [2.05, 4.69) is 37.4 Å². The first-order valence-electron chi connectivity index (χ1n) is 6.40. The average molecular weight is 269 g/mol. The quantitative estimate of drug-likeness (QED) is 0.827. The Morgan fingerprint density at radius 3 is 2.61 bits per heavy atom. The van der Waals surface area contributed by atoms with Crippen molar-refractivity contribution in [3.05, 3.63) is 35.4 Å². The minimum absolute atomic E-state index is 0.125. The molecule has 0 radical (unpaired) electrons. The van der Waals surface area contributed by atoms with Crippen molar-refractivity contribution in [2.24, 2.45) is 0 Å². The molecule has 0 amide bonds. The van der Waals surface area contributed by atoms with E-state index >= 15 is 0 Å². The largest absolute Gasteiger partial charge is 0.310 e. The van der Waals surface area contributed by atoms with E-state index in [-0.39, 0.29) is 11.8 Å². The zero-order chi connectivity index (χ0) is 13.6. The summed E-state index contributed by atoms with van der Waals surface area (Å²) in [4.78, 5) is 0. The van der Waals surface area contributed by atoms with E-state index in [0.717, 1.165) is 13.0 Å². The van der Waals surface area contributed by atoms with E-state index in [1.807, 2.05) is 6.07 Å². The third-order valence-electron chi connectivity index (χ3n) is 2.86. The Hall–Kier alpha value is -0.870. The Morgan fingerprint density at radius 2 is 2.06 bits per heavy atom. The zero-order valence-corrected chi connectivity index (χ0v) is 12.3. The molecule has 0 fully saturated rings. The summed E-state index contributed by atoms with van der Waals surface area (Å²) in [6.45, 7) is 5.07. The van der Waals surface area contributed by atoms with Crippen LogP contribution in [0.3, 0.4) is 0 Å². The number of sulfone groups is 1. The highest BCUT2D eigenvalue weighted by atomic mass is 32.2. The lowest BCUT2D eigenvalue weighted by atomic mass is 10.0. The Morgan fingerprint density at radius 1 is 1.33 bits per heavy atom. The van der Waals surface area contributed by atoms with Crippen molar-refractivity contribution in [3.8, 4) is 0 Å². The van der Waals surface area contributed by atoms with E-state index in [1.54, 1.807) is 0 Å². The molecule has 0 aliphatic rings. The first kappa shape index (κ1) is 15.2. The first-order valence-corrected chi connectivity index (χ1v) is 8.46. The standard InChI is InChI=1S/C14H23NO2S/c1-4-9-15-14(8-10-18(3,16)17)13-7-5-6-12(2)11-13/h5-7,11,14-15H,4,8-10H2,1-3H3. The second-order valence-electron chi connectivity index (χ2n) is 4.84. The molecule has 3 nitrogen and oxygen atoms in total. The second-order valence-corrected chi connectivity index (χ2v) is 7.10. The van der Waals surface area contributed by atoms with Crippen LogP contribution in [0.1, 0.15) is 36.9 Å². The van der Waals surface area contributed by atoms with Crippen molar-refractivity contribution in [1.29, 1.82) is 0 Å². The van der Waals surface area contributed by atoms with Gasteiger partial charge in [0.05, 0.1) is 5.75 Å². The fourth-order valence-electron chi connectivity index (χ4n) is 1.92. The van der Waals surface area contributed by atoms with Gasteiger partial charge in [-0.15, -0.1) is 0 Å². The van der Waals surface area contributed by atoms with Gasteiger partial charge in [0.1, 0.15) is 9.84 Å².